The fourth-order valence-electron chi connectivity index (χ4n) is 3.08. The molecule has 2 aliphatic rings. The van der Waals surface area contributed by atoms with Crippen molar-refractivity contribution in [3.8, 4) is 0 Å². The Hall–Kier alpha value is -2.60. The molecule has 1 fully saturated rings. The van der Waals surface area contributed by atoms with E-state index in [9.17, 15) is 9.18 Å². The van der Waals surface area contributed by atoms with Gasteiger partial charge in [-0.3, -0.25) is 4.79 Å². The van der Waals surface area contributed by atoms with Crippen molar-refractivity contribution in [1.29, 1.82) is 0 Å². The van der Waals surface area contributed by atoms with Crippen molar-refractivity contribution in [3.63, 3.8) is 0 Å². The molecule has 2 aromatic carbocycles. The number of rotatable bonds is 2. The molecule has 4 rings (SSSR count). The van der Waals surface area contributed by atoms with Crippen LogP contribution in [0.3, 0.4) is 0 Å². The van der Waals surface area contributed by atoms with Crippen LogP contribution in [0.15, 0.2) is 64.5 Å². The fraction of sp³-hybridized carbons (Fsp3) is 0.200. The number of thioether (sulfide) groups is 1. The van der Waals surface area contributed by atoms with Crippen LogP contribution in [0, 0.1) is 5.82 Å². The number of hydrogen-bond acceptors (Lipinski definition) is 4. The molecule has 0 atom stereocenters. The van der Waals surface area contributed by atoms with E-state index >= 15 is 0 Å². The Labute approximate surface area is 156 Å². The van der Waals surface area contributed by atoms with Gasteiger partial charge in [0.25, 0.3) is 5.91 Å². The average Bonchev–Trinajstić information content (AvgIpc) is 3.04. The zero-order valence-electron chi connectivity index (χ0n) is 14.1. The Morgan fingerprint density at radius 2 is 1.58 bits per heavy atom. The summed E-state index contributed by atoms with van der Waals surface area (Å²) in [7, 11) is 0. The van der Waals surface area contributed by atoms with Crippen LogP contribution in [0.1, 0.15) is 5.56 Å². The number of para-hydroxylation sites is 1. The minimum atomic E-state index is -0.197. The molecule has 26 heavy (non-hydrogen) atoms. The van der Waals surface area contributed by atoms with Crippen molar-refractivity contribution in [2.75, 3.05) is 31.1 Å². The molecular formula is C20H18FN3OS. The molecule has 2 aromatic rings. The summed E-state index contributed by atoms with van der Waals surface area (Å²) in [6, 6.07) is 16.6. The summed E-state index contributed by atoms with van der Waals surface area (Å²) in [4.78, 5) is 21.2. The molecule has 0 radical (unpaired) electrons. The van der Waals surface area contributed by atoms with Crippen molar-refractivity contribution in [3.05, 3.63) is 70.9 Å². The summed E-state index contributed by atoms with van der Waals surface area (Å²) in [6.07, 6.45) is 1.87. The van der Waals surface area contributed by atoms with Gasteiger partial charge < -0.3 is 9.80 Å². The van der Waals surface area contributed by atoms with E-state index in [1.54, 1.807) is 12.1 Å². The Morgan fingerprint density at radius 3 is 2.31 bits per heavy atom. The highest BCUT2D eigenvalue weighted by Gasteiger charge is 2.28. The van der Waals surface area contributed by atoms with Gasteiger partial charge in [0, 0.05) is 26.2 Å². The van der Waals surface area contributed by atoms with Gasteiger partial charge in [0.2, 0.25) is 0 Å². The van der Waals surface area contributed by atoms with E-state index < -0.39 is 0 Å². The Bertz CT molecular complexity index is 874. The molecule has 1 amide bonds. The van der Waals surface area contributed by atoms with Crippen molar-refractivity contribution in [1.82, 2.24) is 4.90 Å². The Kier molecular flexibility index (Phi) is 4.75. The molecular weight excluding hydrogens is 349 g/mol. The second kappa shape index (κ2) is 7.33. The van der Waals surface area contributed by atoms with Crippen molar-refractivity contribution in [2.45, 2.75) is 0 Å². The predicted molar refractivity (Wildman–Crippen MR) is 105 cm³/mol. The SMILES string of the molecule is O=C1N=C(N2CCN(c3ccccc3F)CC2)S/C1=C/c1ccccc1. The molecule has 132 valence electrons. The van der Waals surface area contributed by atoms with Crippen LogP contribution in [-0.4, -0.2) is 42.2 Å². The second-order valence-corrected chi connectivity index (χ2v) is 7.16. The highest BCUT2D eigenvalue weighted by atomic mass is 32.2. The normalized spacial score (nSPS) is 19.2. The van der Waals surface area contributed by atoms with Crippen LogP contribution in [-0.2, 0) is 4.79 Å². The third-order valence-electron chi connectivity index (χ3n) is 4.45. The molecule has 0 saturated carbocycles. The van der Waals surface area contributed by atoms with E-state index in [2.05, 4.69) is 9.89 Å². The van der Waals surface area contributed by atoms with Crippen LogP contribution in [0.2, 0.25) is 0 Å². The lowest BCUT2D eigenvalue weighted by atomic mass is 10.2. The summed E-state index contributed by atoms with van der Waals surface area (Å²) < 4.78 is 13.9. The number of carbonyl (C=O) groups excluding carboxylic acids is 1. The molecule has 0 unspecified atom stereocenters. The summed E-state index contributed by atoms with van der Waals surface area (Å²) in [5, 5.41) is 0.741. The summed E-state index contributed by atoms with van der Waals surface area (Å²) in [5.41, 5.74) is 1.62. The highest BCUT2D eigenvalue weighted by molar-refractivity contribution is 8.18. The third kappa shape index (κ3) is 3.51. The first-order valence-corrected chi connectivity index (χ1v) is 9.34. The van der Waals surface area contributed by atoms with Crippen molar-refractivity contribution >= 4 is 34.6 Å². The lowest BCUT2D eigenvalue weighted by Gasteiger charge is -2.36. The van der Waals surface area contributed by atoms with E-state index in [1.807, 2.05) is 47.4 Å². The van der Waals surface area contributed by atoms with Crippen LogP contribution in [0.5, 0.6) is 0 Å². The number of amides is 1. The molecule has 0 aromatic heterocycles. The van der Waals surface area contributed by atoms with Gasteiger partial charge in [-0.15, -0.1) is 0 Å². The quantitative estimate of drug-likeness (QED) is 0.760. The zero-order chi connectivity index (χ0) is 17.9. The molecule has 0 spiro atoms. The lowest BCUT2D eigenvalue weighted by Crippen LogP contribution is -2.48. The van der Waals surface area contributed by atoms with E-state index in [4.69, 9.17) is 0 Å². The summed E-state index contributed by atoms with van der Waals surface area (Å²) in [6.45, 7) is 2.83. The smallest absolute Gasteiger partial charge is 0.286 e. The van der Waals surface area contributed by atoms with Gasteiger partial charge in [0.05, 0.1) is 10.6 Å². The average molecular weight is 367 g/mol. The van der Waals surface area contributed by atoms with Gasteiger partial charge in [0.1, 0.15) is 5.82 Å². The molecule has 4 nitrogen and oxygen atoms in total. The Morgan fingerprint density at radius 1 is 0.923 bits per heavy atom. The Balaban J connectivity index is 1.41. The number of nitrogens with zero attached hydrogens (tertiary/aromatic N) is 3. The number of carbonyl (C=O) groups is 1. The minimum absolute atomic E-state index is 0.189. The van der Waals surface area contributed by atoms with Gasteiger partial charge in [-0.25, -0.2) is 4.39 Å². The number of benzene rings is 2. The number of anilines is 1. The van der Waals surface area contributed by atoms with Gasteiger partial charge in [-0.1, -0.05) is 42.5 Å². The van der Waals surface area contributed by atoms with Crippen LogP contribution in [0.4, 0.5) is 10.1 Å². The fourth-order valence-corrected chi connectivity index (χ4v) is 4.05. The molecule has 0 N–H and O–H groups in total. The first-order valence-electron chi connectivity index (χ1n) is 8.53. The molecule has 6 heteroatoms. The molecule has 0 aliphatic carbocycles. The lowest BCUT2D eigenvalue weighted by molar-refractivity contribution is -0.113. The first kappa shape index (κ1) is 16.8. The topological polar surface area (TPSA) is 35.9 Å². The standard InChI is InChI=1S/C20H18FN3OS/c21-16-8-4-5-9-17(16)23-10-12-24(13-11-23)20-22-19(25)18(26-20)14-15-6-2-1-3-7-15/h1-9,14H,10-13H2/b18-14+. The summed E-state index contributed by atoms with van der Waals surface area (Å²) >= 11 is 1.42. The monoisotopic (exact) mass is 367 g/mol. The number of aliphatic imine (C=N–C) groups is 1. The summed E-state index contributed by atoms with van der Waals surface area (Å²) in [5.74, 6) is -0.387. The van der Waals surface area contributed by atoms with E-state index in [0.717, 1.165) is 10.7 Å². The van der Waals surface area contributed by atoms with Crippen LogP contribution < -0.4 is 4.90 Å². The zero-order valence-corrected chi connectivity index (χ0v) is 15.0. The van der Waals surface area contributed by atoms with Crippen molar-refractivity contribution < 1.29 is 9.18 Å². The van der Waals surface area contributed by atoms with Gasteiger partial charge >= 0.3 is 0 Å². The largest absolute Gasteiger partial charge is 0.366 e. The molecule has 2 heterocycles. The van der Waals surface area contributed by atoms with Crippen LogP contribution >= 0.6 is 11.8 Å². The maximum Gasteiger partial charge on any atom is 0.286 e. The molecule has 2 aliphatic heterocycles. The number of hydrogen-bond donors (Lipinski definition) is 0. The van der Waals surface area contributed by atoms with Crippen LogP contribution in [0.25, 0.3) is 6.08 Å². The van der Waals surface area contributed by atoms with E-state index in [-0.39, 0.29) is 11.7 Å². The minimum Gasteiger partial charge on any atom is -0.366 e. The maximum absolute atomic E-state index is 13.9. The predicted octanol–water partition coefficient (Wildman–Crippen LogP) is 3.62. The third-order valence-corrected chi connectivity index (χ3v) is 5.49. The molecule has 0 bridgehead atoms. The number of piperazine rings is 1. The van der Waals surface area contributed by atoms with E-state index in [0.29, 0.717) is 36.8 Å². The van der Waals surface area contributed by atoms with Gasteiger partial charge in [-0.05, 0) is 35.5 Å². The van der Waals surface area contributed by atoms with Crippen molar-refractivity contribution in [2.24, 2.45) is 4.99 Å². The van der Waals surface area contributed by atoms with Gasteiger partial charge in [0.15, 0.2) is 5.17 Å². The second-order valence-electron chi connectivity index (χ2n) is 6.15. The highest BCUT2D eigenvalue weighted by Crippen LogP contribution is 2.31. The maximum atomic E-state index is 13.9. The van der Waals surface area contributed by atoms with Gasteiger partial charge in [-0.2, -0.15) is 4.99 Å². The number of amidine groups is 1. The van der Waals surface area contributed by atoms with E-state index in [1.165, 1.54) is 17.8 Å². The first-order chi connectivity index (χ1) is 12.7. The number of halogens is 1. The molecule has 1 saturated heterocycles.